The van der Waals surface area contributed by atoms with Crippen molar-refractivity contribution in [3.05, 3.63) is 29.8 Å². The van der Waals surface area contributed by atoms with Gasteiger partial charge in [0.15, 0.2) is 9.84 Å². The van der Waals surface area contributed by atoms with Gasteiger partial charge in [-0.25, -0.2) is 8.42 Å². The van der Waals surface area contributed by atoms with E-state index in [1.165, 1.54) is 19.1 Å². The molecule has 1 rings (SSSR count). The molecule has 0 spiro atoms. The lowest BCUT2D eigenvalue weighted by Crippen LogP contribution is -2.08. The number of ketones is 1. The Morgan fingerprint density at radius 1 is 1.24 bits per heavy atom. The van der Waals surface area contributed by atoms with E-state index in [0.29, 0.717) is 6.42 Å². The number of aliphatic hydroxyl groups is 1. The smallest absolute Gasteiger partial charge is 0.178 e. The number of benzene rings is 1. The summed E-state index contributed by atoms with van der Waals surface area (Å²) in [4.78, 5) is 11.1. The van der Waals surface area contributed by atoms with E-state index in [1.54, 1.807) is 12.1 Å². The molecule has 94 valence electrons. The zero-order chi connectivity index (χ0) is 12.9. The third-order valence-corrected chi connectivity index (χ3v) is 4.12. The topological polar surface area (TPSA) is 71.4 Å². The molecule has 0 aliphatic heterocycles. The quantitative estimate of drug-likeness (QED) is 0.823. The van der Waals surface area contributed by atoms with Crippen LogP contribution in [-0.2, 0) is 21.1 Å². The summed E-state index contributed by atoms with van der Waals surface area (Å²) in [7, 11) is -3.31. The first-order valence-corrected chi connectivity index (χ1v) is 7.03. The Balaban J connectivity index is 2.83. The highest BCUT2D eigenvalue weighted by atomic mass is 32.2. The lowest BCUT2D eigenvalue weighted by molar-refractivity contribution is -0.116. The SMILES string of the molecule is CC(=O)Cc1ccc(S(=O)(=O)CCCO)cc1. The van der Waals surface area contributed by atoms with Gasteiger partial charge in [-0.15, -0.1) is 0 Å². The number of hydrogen-bond acceptors (Lipinski definition) is 4. The van der Waals surface area contributed by atoms with Crippen LogP contribution in [0.2, 0.25) is 0 Å². The second kappa shape index (κ2) is 5.93. The molecule has 0 unspecified atom stereocenters. The molecular weight excluding hydrogens is 240 g/mol. The molecule has 1 aromatic carbocycles. The molecule has 0 aromatic heterocycles. The highest BCUT2D eigenvalue weighted by molar-refractivity contribution is 7.91. The normalized spacial score (nSPS) is 11.4. The molecular formula is C12H16O4S. The molecule has 1 aromatic rings. The van der Waals surface area contributed by atoms with Gasteiger partial charge in [-0.3, -0.25) is 4.79 Å². The molecule has 17 heavy (non-hydrogen) atoms. The third-order valence-electron chi connectivity index (χ3n) is 2.31. The Labute approximate surface area is 101 Å². The Kier molecular flexibility index (Phi) is 4.84. The highest BCUT2D eigenvalue weighted by Gasteiger charge is 2.13. The minimum atomic E-state index is -3.31. The highest BCUT2D eigenvalue weighted by Crippen LogP contribution is 2.13. The molecule has 4 nitrogen and oxygen atoms in total. The number of hydrogen-bond donors (Lipinski definition) is 1. The first kappa shape index (κ1) is 13.9. The minimum Gasteiger partial charge on any atom is -0.396 e. The summed E-state index contributed by atoms with van der Waals surface area (Å²) in [6.45, 7) is 1.35. The maximum Gasteiger partial charge on any atom is 0.178 e. The first-order valence-electron chi connectivity index (χ1n) is 5.37. The summed E-state index contributed by atoms with van der Waals surface area (Å²) in [5, 5.41) is 8.62. The Hall–Kier alpha value is -1.20. The minimum absolute atomic E-state index is 0.0425. The standard InChI is InChI=1S/C12H16O4S/c1-10(14)9-11-3-5-12(6-4-11)17(15,16)8-2-7-13/h3-6,13H,2,7-9H2,1H3. The fraction of sp³-hybridized carbons (Fsp3) is 0.417. The van der Waals surface area contributed by atoms with Gasteiger partial charge in [-0.05, 0) is 31.0 Å². The van der Waals surface area contributed by atoms with Crippen LogP contribution >= 0.6 is 0 Å². The molecule has 0 saturated carbocycles. The van der Waals surface area contributed by atoms with Gasteiger partial charge in [0.25, 0.3) is 0 Å². The first-order chi connectivity index (χ1) is 7.95. The molecule has 0 radical (unpaired) electrons. The Morgan fingerprint density at radius 2 is 1.82 bits per heavy atom. The number of rotatable bonds is 6. The molecule has 0 amide bonds. The van der Waals surface area contributed by atoms with Crippen molar-refractivity contribution in [2.24, 2.45) is 0 Å². The van der Waals surface area contributed by atoms with Crippen molar-refractivity contribution >= 4 is 15.6 Å². The van der Waals surface area contributed by atoms with E-state index >= 15 is 0 Å². The molecule has 0 bridgehead atoms. The summed E-state index contributed by atoms with van der Waals surface area (Å²) < 4.78 is 23.5. The maximum atomic E-state index is 11.7. The fourth-order valence-electron chi connectivity index (χ4n) is 1.47. The maximum absolute atomic E-state index is 11.7. The second-order valence-corrected chi connectivity index (χ2v) is 6.03. The van der Waals surface area contributed by atoms with E-state index in [9.17, 15) is 13.2 Å². The fourth-order valence-corrected chi connectivity index (χ4v) is 2.77. The second-order valence-electron chi connectivity index (χ2n) is 3.92. The van der Waals surface area contributed by atoms with Gasteiger partial charge >= 0.3 is 0 Å². The summed E-state index contributed by atoms with van der Waals surface area (Å²) in [6, 6.07) is 6.30. The Morgan fingerprint density at radius 3 is 2.29 bits per heavy atom. The van der Waals surface area contributed by atoms with Crippen molar-refractivity contribution in [2.45, 2.75) is 24.7 Å². The van der Waals surface area contributed by atoms with E-state index in [2.05, 4.69) is 0 Å². The van der Waals surface area contributed by atoms with Crippen LogP contribution in [0.1, 0.15) is 18.9 Å². The summed E-state index contributed by atoms with van der Waals surface area (Å²) in [5.74, 6) is -0.0175. The van der Waals surface area contributed by atoms with Crippen LogP contribution in [0.3, 0.4) is 0 Å². The largest absolute Gasteiger partial charge is 0.396 e. The summed E-state index contributed by atoms with van der Waals surface area (Å²) >= 11 is 0. The van der Waals surface area contributed by atoms with Crippen LogP contribution in [-0.4, -0.2) is 31.7 Å². The van der Waals surface area contributed by atoms with Gasteiger partial charge in [0.1, 0.15) is 5.78 Å². The van der Waals surface area contributed by atoms with Crippen LogP contribution in [0.25, 0.3) is 0 Å². The zero-order valence-electron chi connectivity index (χ0n) is 9.72. The van der Waals surface area contributed by atoms with Gasteiger partial charge in [-0.1, -0.05) is 12.1 Å². The van der Waals surface area contributed by atoms with Crippen LogP contribution < -0.4 is 0 Å². The lowest BCUT2D eigenvalue weighted by Gasteiger charge is -2.04. The molecule has 0 aliphatic carbocycles. The number of carbonyl (C=O) groups excluding carboxylic acids is 1. The summed E-state index contributed by atoms with van der Waals surface area (Å²) in [6.07, 6.45) is 0.550. The van der Waals surface area contributed by atoms with Gasteiger partial charge in [0.2, 0.25) is 0 Å². The van der Waals surface area contributed by atoms with Crippen molar-refractivity contribution in [1.29, 1.82) is 0 Å². The number of carbonyl (C=O) groups is 1. The van der Waals surface area contributed by atoms with E-state index in [-0.39, 0.29) is 29.5 Å². The predicted octanol–water partition coefficient (Wildman–Crippen LogP) is 0.974. The molecule has 0 heterocycles. The van der Waals surface area contributed by atoms with E-state index in [4.69, 9.17) is 5.11 Å². The van der Waals surface area contributed by atoms with Crippen LogP contribution in [0.15, 0.2) is 29.2 Å². The third kappa shape index (κ3) is 4.28. The molecule has 0 atom stereocenters. The van der Waals surface area contributed by atoms with Crippen LogP contribution in [0.4, 0.5) is 0 Å². The van der Waals surface area contributed by atoms with Crippen LogP contribution in [0.5, 0.6) is 0 Å². The molecule has 0 aliphatic rings. The number of aliphatic hydroxyl groups excluding tert-OH is 1. The van der Waals surface area contributed by atoms with Gasteiger partial charge in [0.05, 0.1) is 10.6 Å². The number of sulfone groups is 1. The van der Waals surface area contributed by atoms with E-state index in [0.717, 1.165) is 5.56 Å². The van der Waals surface area contributed by atoms with Crippen molar-refractivity contribution in [3.8, 4) is 0 Å². The Bertz CT molecular complexity index is 474. The molecule has 5 heteroatoms. The molecule has 0 saturated heterocycles. The number of Topliss-reactive ketones (excluding diaryl/α,β-unsaturated/α-hetero) is 1. The zero-order valence-corrected chi connectivity index (χ0v) is 10.5. The van der Waals surface area contributed by atoms with Crippen molar-refractivity contribution in [3.63, 3.8) is 0 Å². The monoisotopic (exact) mass is 256 g/mol. The van der Waals surface area contributed by atoms with Crippen LogP contribution in [0, 0.1) is 0 Å². The van der Waals surface area contributed by atoms with Crippen molar-refractivity contribution in [2.75, 3.05) is 12.4 Å². The summed E-state index contributed by atoms with van der Waals surface area (Å²) in [5.41, 5.74) is 0.804. The van der Waals surface area contributed by atoms with Crippen molar-refractivity contribution < 1.29 is 18.3 Å². The van der Waals surface area contributed by atoms with Gasteiger partial charge < -0.3 is 5.11 Å². The van der Waals surface area contributed by atoms with Gasteiger partial charge in [0, 0.05) is 13.0 Å². The average molecular weight is 256 g/mol. The molecule has 1 N–H and O–H groups in total. The van der Waals surface area contributed by atoms with Crippen molar-refractivity contribution in [1.82, 2.24) is 0 Å². The lowest BCUT2D eigenvalue weighted by atomic mass is 10.1. The molecule has 0 fully saturated rings. The van der Waals surface area contributed by atoms with E-state index < -0.39 is 9.84 Å². The van der Waals surface area contributed by atoms with Gasteiger partial charge in [-0.2, -0.15) is 0 Å². The predicted molar refractivity (Wildman–Crippen MR) is 64.6 cm³/mol. The van der Waals surface area contributed by atoms with E-state index in [1.807, 2.05) is 0 Å². The average Bonchev–Trinajstić information content (AvgIpc) is 2.26.